The van der Waals surface area contributed by atoms with E-state index in [4.69, 9.17) is 0 Å². The smallest absolute Gasteiger partial charge is 0.347 e. The van der Waals surface area contributed by atoms with Crippen molar-refractivity contribution in [3.63, 3.8) is 0 Å². The Morgan fingerprint density at radius 2 is 1.76 bits per heavy atom. The Hall–Kier alpha value is -2.42. The van der Waals surface area contributed by atoms with Crippen LogP contribution in [0.2, 0.25) is 0 Å². The van der Waals surface area contributed by atoms with Crippen LogP contribution in [0.25, 0.3) is 0 Å². The summed E-state index contributed by atoms with van der Waals surface area (Å²) in [5, 5.41) is 4.54. The number of nitrogens with one attached hydrogen (secondary N) is 2. The van der Waals surface area contributed by atoms with Crippen molar-refractivity contribution in [2.24, 2.45) is 5.92 Å². The minimum Gasteiger partial charge on any atom is -0.347 e. The van der Waals surface area contributed by atoms with Gasteiger partial charge in [-0.1, -0.05) is 30.3 Å². The minimum atomic E-state index is -4.46. The van der Waals surface area contributed by atoms with E-state index in [1.54, 1.807) is 49.1 Å². The van der Waals surface area contributed by atoms with E-state index in [-0.39, 0.29) is 24.8 Å². The molecule has 2 N–H and O–H groups in total. The van der Waals surface area contributed by atoms with E-state index < -0.39 is 30.1 Å². The average molecular weight is 413 g/mol. The molecule has 1 aliphatic heterocycles. The summed E-state index contributed by atoms with van der Waals surface area (Å²) in [5.41, 5.74) is -0.523. The third-order valence-electron chi connectivity index (χ3n) is 5.11. The molecule has 160 valence electrons. The Morgan fingerprint density at radius 3 is 2.38 bits per heavy atom. The van der Waals surface area contributed by atoms with Crippen LogP contribution in [0.4, 0.5) is 13.2 Å². The molecule has 9 heteroatoms. The molecule has 0 aliphatic carbocycles. The highest BCUT2D eigenvalue weighted by atomic mass is 19.4. The monoisotopic (exact) mass is 413 g/mol. The van der Waals surface area contributed by atoms with Crippen LogP contribution in [-0.2, 0) is 9.59 Å². The molecule has 1 aromatic carbocycles. The number of benzene rings is 1. The molecule has 2 rings (SSSR count). The van der Waals surface area contributed by atoms with Gasteiger partial charge in [-0.3, -0.25) is 19.3 Å². The Bertz CT molecular complexity index is 735. The molecule has 0 unspecified atom stereocenters. The highest BCUT2D eigenvalue weighted by Crippen LogP contribution is 2.25. The van der Waals surface area contributed by atoms with Crippen molar-refractivity contribution in [3.8, 4) is 0 Å². The van der Waals surface area contributed by atoms with Crippen LogP contribution in [0.3, 0.4) is 0 Å². The zero-order valence-corrected chi connectivity index (χ0v) is 16.5. The quantitative estimate of drug-likeness (QED) is 0.672. The van der Waals surface area contributed by atoms with E-state index in [0.717, 1.165) is 0 Å². The summed E-state index contributed by atoms with van der Waals surface area (Å²) < 4.78 is 37.0. The standard InChI is InChI=1S/C20H26F3N3O3/c1-19(2,18(29)24-11-16(27)14-7-4-3-5-8-14)26-10-6-9-15(12-26)17(28)25-13-20(21,22)23/h3-5,7-8,15H,6,9-13H2,1-2H3,(H,24,29)(H,25,28)/t15-/m0/s1. The van der Waals surface area contributed by atoms with Crippen molar-refractivity contribution in [1.82, 2.24) is 15.5 Å². The molecule has 0 spiro atoms. The van der Waals surface area contributed by atoms with Crippen LogP contribution >= 0.6 is 0 Å². The molecular formula is C20H26F3N3O3. The van der Waals surface area contributed by atoms with Crippen molar-refractivity contribution >= 4 is 17.6 Å². The molecule has 0 saturated carbocycles. The fourth-order valence-electron chi connectivity index (χ4n) is 3.28. The summed E-state index contributed by atoms with van der Waals surface area (Å²) >= 11 is 0. The average Bonchev–Trinajstić information content (AvgIpc) is 2.70. The maximum Gasteiger partial charge on any atom is 0.405 e. The third-order valence-corrected chi connectivity index (χ3v) is 5.11. The third kappa shape index (κ3) is 6.56. The zero-order chi connectivity index (χ0) is 21.7. The van der Waals surface area contributed by atoms with Gasteiger partial charge in [0.25, 0.3) is 0 Å². The minimum absolute atomic E-state index is 0.157. The number of hydrogen-bond donors (Lipinski definition) is 2. The number of piperidine rings is 1. The molecular weight excluding hydrogens is 387 g/mol. The number of likely N-dealkylation sites (tertiary alicyclic amines) is 1. The maximum absolute atomic E-state index is 12.7. The topological polar surface area (TPSA) is 78.5 Å². The molecule has 1 heterocycles. The Labute approximate surface area is 167 Å². The van der Waals surface area contributed by atoms with Crippen LogP contribution in [0, 0.1) is 5.92 Å². The first-order valence-electron chi connectivity index (χ1n) is 9.47. The normalized spacial score (nSPS) is 18.2. The highest BCUT2D eigenvalue weighted by molar-refractivity contribution is 6.00. The van der Waals surface area contributed by atoms with Crippen molar-refractivity contribution in [2.45, 2.75) is 38.4 Å². The summed E-state index contributed by atoms with van der Waals surface area (Å²) in [6, 6.07) is 8.58. The lowest BCUT2D eigenvalue weighted by molar-refractivity contribution is -0.143. The number of Topliss-reactive ketones (excluding diaryl/α,β-unsaturated/α-hetero) is 1. The van der Waals surface area contributed by atoms with Crippen molar-refractivity contribution in [2.75, 3.05) is 26.2 Å². The van der Waals surface area contributed by atoms with Gasteiger partial charge in [0.15, 0.2) is 5.78 Å². The van der Waals surface area contributed by atoms with E-state index in [2.05, 4.69) is 5.32 Å². The second-order valence-electron chi connectivity index (χ2n) is 7.65. The predicted molar refractivity (Wildman–Crippen MR) is 101 cm³/mol. The van der Waals surface area contributed by atoms with E-state index >= 15 is 0 Å². The van der Waals surface area contributed by atoms with Crippen molar-refractivity contribution in [3.05, 3.63) is 35.9 Å². The lowest BCUT2D eigenvalue weighted by atomic mass is 9.91. The van der Waals surface area contributed by atoms with Gasteiger partial charge in [0.05, 0.1) is 18.0 Å². The SMILES string of the molecule is CC(C)(C(=O)NCC(=O)c1ccccc1)N1CCC[C@H](C(=O)NCC(F)(F)F)C1. The Balaban J connectivity index is 1.92. The molecule has 1 fully saturated rings. The first-order chi connectivity index (χ1) is 13.5. The van der Waals surface area contributed by atoms with Crippen molar-refractivity contribution < 1.29 is 27.6 Å². The molecule has 29 heavy (non-hydrogen) atoms. The first-order valence-corrected chi connectivity index (χ1v) is 9.47. The number of alkyl halides is 3. The van der Waals surface area contributed by atoms with Crippen LogP contribution in [0.15, 0.2) is 30.3 Å². The molecule has 6 nitrogen and oxygen atoms in total. The van der Waals surface area contributed by atoms with E-state index in [1.807, 2.05) is 5.32 Å². The van der Waals surface area contributed by atoms with Gasteiger partial charge < -0.3 is 10.6 Å². The molecule has 0 aromatic heterocycles. The van der Waals surface area contributed by atoms with Crippen LogP contribution < -0.4 is 10.6 Å². The summed E-state index contributed by atoms with van der Waals surface area (Å²) in [6.07, 6.45) is -3.41. The van der Waals surface area contributed by atoms with Gasteiger partial charge in [0, 0.05) is 12.1 Å². The second kappa shape index (κ2) is 9.39. The lowest BCUT2D eigenvalue weighted by Crippen LogP contribution is -2.59. The summed E-state index contributed by atoms with van der Waals surface area (Å²) in [4.78, 5) is 38.7. The van der Waals surface area contributed by atoms with Gasteiger partial charge in [0.1, 0.15) is 6.54 Å². The van der Waals surface area contributed by atoms with Gasteiger partial charge in [0.2, 0.25) is 11.8 Å². The van der Waals surface area contributed by atoms with Gasteiger partial charge in [-0.2, -0.15) is 13.2 Å². The van der Waals surface area contributed by atoms with E-state index in [9.17, 15) is 27.6 Å². The Kier molecular flexibility index (Phi) is 7.40. The number of ketones is 1. The Morgan fingerprint density at radius 1 is 1.10 bits per heavy atom. The van der Waals surface area contributed by atoms with Gasteiger partial charge >= 0.3 is 6.18 Å². The number of amides is 2. The maximum atomic E-state index is 12.7. The van der Waals surface area contributed by atoms with Gasteiger partial charge in [-0.25, -0.2) is 0 Å². The fraction of sp³-hybridized carbons (Fsp3) is 0.550. The molecule has 2 amide bonds. The molecule has 0 bridgehead atoms. The van der Waals surface area contributed by atoms with Crippen LogP contribution in [-0.4, -0.2) is 60.4 Å². The molecule has 1 aliphatic rings. The molecule has 1 saturated heterocycles. The summed E-state index contributed by atoms with van der Waals surface area (Å²) in [7, 11) is 0. The molecule has 1 aromatic rings. The number of rotatable bonds is 7. The number of nitrogens with zero attached hydrogens (tertiary/aromatic N) is 1. The number of carbonyl (C=O) groups is 3. The summed E-state index contributed by atoms with van der Waals surface area (Å²) in [6.45, 7) is 2.53. The van der Waals surface area contributed by atoms with E-state index in [0.29, 0.717) is 24.9 Å². The largest absolute Gasteiger partial charge is 0.405 e. The zero-order valence-electron chi connectivity index (χ0n) is 16.5. The first kappa shape index (κ1) is 22.9. The van der Waals surface area contributed by atoms with Crippen LogP contribution in [0.1, 0.15) is 37.0 Å². The number of carbonyl (C=O) groups excluding carboxylic acids is 3. The van der Waals surface area contributed by atoms with Gasteiger partial charge in [-0.15, -0.1) is 0 Å². The predicted octanol–water partition coefficient (Wildman–Crippen LogP) is 2.15. The molecule has 1 atom stereocenters. The fourth-order valence-corrected chi connectivity index (χ4v) is 3.28. The summed E-state index contributed by atoms with van der Waals surface area (Å²) in [5.74, 6) is -1.89. The van der Waals surface area contributed by atoms with E-state index in [1.165, 1.54) is 0 Å². The number of halogens is 3. The van der Waals surface area contributed by atoms with Crippen LogP contribution in [0.5, 0.6) is 0 Å². The lowest BCUT2D eigenvalue weighted by Gasteiger charge is -2.42. The number of hydrogen-bond acceptors (Lipinski definition) is 4. The second-order valence-corrected chi connectivity index (χ2v) is 7.65. The molecule has 0 radical (unpaired) electrons. The van der Waals surface area contributed by atoms with Crippen molar-refractivity contribution in [1.29, 1.82) is 0 Å². The highest BCUT2D eigenvalue weighted by Gasteiger charge is 2.39. The van der Waals surface area contributed by atoms with Gasteiger partial charge in [-0.05, 0) is 33.2 Å².